The number of para-hydroxylation sites is 2. The van der Waals surface area contributed by atoms with Crippen LogP contribution in [0, 0.1) is 0 Å². The summed E-state index contributed by atoms with van der Waals surface area (Å²) in [6, 6.07) is 17.1. The second-order valence-electron chi connectivity index (χ2n) is 7.73. The Morgan fingerprint density at radius 3 is 2.47 bits per heavy atom. The van der Waals surface area contributed by atoms with Gasteiger partial charge in [0.15, 0.2) is 0 Å². The number of aromatic nitrogens is 3. The minimum Gasteiger partial charge on any atom is -0.312 e. The zero-order valence-corrected chi connectivity index (χ0v) is 19.1. The molecule has 0 atom stereocenters. The van der Waals surface area contributed by atoms with Crippen molar-refractivity contribution >= 4 is 53.2 Å². The van der Waals surface area contributed by atoms with Crippen molar-refractivity contribution in [2.45, 2.75) is 44.7 Å². The fraction of sp³-hybridized carbons (Fsp3) is 0.348. The predicted molar refractivity (Wildman–Crippen MR) is 131 cm³/mol. The van der Waals surface area contributed by atoms with Gasteiger partial charge in [0.25, 0.3) is 0 Å². The van der Waals surface area contributed by atoms with E-state index in [1.54, 1.807) is 0 Å². The van der Waals surface area contributed by atoms with E-state index in [1.165, 1.54) is 37.8 Å². The molecule has 2 heterocycles. The molecule has 1 aliphatic carbocycles. The maximum absolute atomic E-state index is 6.11. The van der Waals surface area contributed by atoms with Crippen LogP contribution in [0.15, 0.2) is 54.7 Å². The highest BCUT2D eigenvalue weighted by Gasteiger charge is 2.17. The van der Waals surface area contributed by atoms with Crippen molar-refractivity contribution in [1.82, 2.24) is 19.3 Å². The molecule has 0 bridgehead atoms. The number of halogens is 3. The molecule has 0 spiro atoms. The van der Waals surface area contributed by atoms with Crippen molar-refractivity contribution in [3.63, 3.8) is 0 Å². The highest BCUT2D eigenvalue weighted by molar-refractivity contribution is 6.30. The molecule has 160 valence electrons. The molecular weight excluding hydrogens is 439 g/mol. The number of nitrogens with zero attached hydrogens (tertiary/aromatic N) is 3. The normalized spacial score (nSPS) is 14.6. The molecular formula is C23H27Cl3N4. The predicted octanol–water partition coefficient (Wildman–Crippen LogP) is 6.38. The van der Waals surface area contributed by atoms with E-state index in [0.717, 1.165) is 40.5 Å². The minimum atomic E-state index is 0. The Morgan fingerprint density at radius 1 is 0.967 bits per heavy atom. The Balaban J connectivity index is 0.00000128. The fourth-order valence-corrected chi connectivity index (χ4v) is 4.53. The number of nitrogens with one attached hydrogen (secondary N) is 1. The molecule has 1 fully saturated rings. The minimum absolute atomic E-state index is 0. The molecule has 0 unspecified atom stereocenters. The smallest absolute Gasteiger partial charge is 0.215 e. The van der Waals surface area contributed by atoms with Gasteiger partial charge < -0.3 is 9.88 Å². The molecule has 0 aliphatic heterocycles. The van der Waals surface area contributed by atoms with E-state index < -0.39 is 0 Å². The van der Waals surface area contributed by atoms with E-state index in [1.807, 2.05) is 18.2 Å². The van der Waals surface area contributed by atoms with Crippen molar-refractivity contribution in [2.24, 2.45) is 0 Å². The number of imidazole rings is 2. The van der Waals surface area contributed by atoms with Crippen molar-refractivity contribution in [3.05, 3.63) is 59.8 Å². The van der Waals surface area contributed by atoms with Crippen LogP contribution in [0.5, 0.6) is 0 Å². The summed E-state index contributed by atoms with van der Waals surface area (Å²) in [7, 11) is 0. The molecule has 4 aromatic rings. The monoisotopic (exact) mass is 464 g/mol. The maximum atomic E-state index is 6.11. The van der Waals surface area contributed by atoms with Gasteiger partial charge in [-0.3, -0.25) is 4.40 Å². The lowest BCUT2D eigenvalue weighted by molar-refractivity contribution is 0.369. The number of benzene rings is 2. The summed E-state index contributed by atoms with van der Waals surface area (Å²) in [5.41, 5.74) is 4.52. The molecule has 2 aromatic carbocycles. The van der Waals surface area contributed by atoms with E-state index in [9.17, 15) is 0 Å². The summed E-state index contributed by atoms with van der Waals surface area (Å²) < 4.78 is 4.54. The second kappa shape index (κ2) is 10.1. The van der Waals surface area contributed by atoms with E-state index in [2.05, 4.69) is 50.8 Å². The Bertz CT molecular complexity index is 1090. The average Bonchev–Trinajstić information content (AvgIpc) is 3.26. The topological polar surface area (TPSA) is 34.3 Å². The average molecular weight is 466 g/mol. The Kier molecular flexibility index (Phi) is 7.70. The third kappa shape index (κ3) is 4.47. The van der Waals surface area contributed by atoms with Crippen LogP contribution in [-0.4, -0.2) is 26.5 Å². The first kappa shape index (κ1) is 23.0. The lowest BCUT2D eigenvalue weighted by Crippen LogP contribution is -2.33. The van der Waals surface area contributed by atoms with Crippen LogP contribution in [0.4, 0.5) is 0 Å². The van der Waals surface area contributed by atoms with E-state index in [0.29, 0.717) is 6.04 Å². The molecule has 4 nitrogen and oxygen atoms in total. The number of rotatable bonds is 5. The zero-order chi connectivity index (χ0) is 18.9. The van der Waals surface area contributed by atoms with Crippen LogP contribution in [-0.2, 0) is 6.54 Å². The van der Waals surface area contributed by atoms with E-state index in [4.69, 9.17) is 16.6 Å². The third-order valence-corrected chi connectivity index (χ3v) is 6.13. The fourth-order valence-electron chi connectivity index (χ4n) is 4.41. The highest BCUT2D eigenvalue weighted by atomic mass is 35.5. The van der Waals surface area contributed by atoms with Gasteiger partial charge in [-0.15, -0.1) is 24.8 Å². The molecule has 2 aromatic heterocycles. The highest BCUT2D eigenvalue weighted by Crippen LogP contribution is 2.27. The molecule has 30 heavy (non-hydrogen) atoms. The maximum Gasteiger partial charge on any atom is 0.215 e. The molecule has 0 radical (unpaired) electrons. The van der Waals surface area contributed by atoms with Gasteiger partial charge in [0, 0.05) is 30.4 Å². The lowest BCUT2D eigenvalue weighted by atomic mass is 9.95. The van der Waals surface area contributed by atoms with Crippen LogP contribution in [0.2, 0.25) is 5.02 Å². The van der Waals surface area contributed by atoms with Crippen LogP contribution >= 0.6 is 36.4 Å². The van der Waals surface area contributed by atoms with Crippen LogP contribution in [0.25, 0.3) is 28.1 Å². The Hall–Kier alpha value is -1.72. The second-order valence-corrected chi connectivity index (χ2v) is 8.17. The zero-order valence-electron chi connectivity index (χ0n) is 16.8. The van der Waals surface area contributed by atoms with Gasteiger partial charge in [-0.05, 0) is 42.7 Å². The molecule has 0 saturated heterocycles. The standard InChI is InChI=1S/C23H25ClN4.2ClH/c24-18-12-10-17(11-13-18)22-16-28-21-9-5-4-8-20(21)26-23(28)27(22)15-14-25-19-6-2-1-3-7-19;;/h4-5,8-13,16,19,25H,1-3,6-7,14-15H2;2*1H. The van der Waals surface area contributed by atoms with Gasteiger partial charge in [0.1, 0.15) is 0 Å². The SMILES string of the molecule is Cl.Cl.Clc1ccc(-c2cn3c4ccccc4nc3n2CCNC2CCCCC2)cc1. The third-order valence-electron chi connectivity index (χ3n) is 5.87. The van der Waals surface area contributed by atoms with Crippen LogP contribution in [0.3, 0.4) is 0 Å². The Morgan fingerprint density at radius 2 is 1.70 bits per heavy atom. The van der Waals surface area contributed by atoms with Gasteiger partial charge in [-0.25, -0.2) is 4.98 Å². The summed E-state index contributed by atoms with van der Waals surface area (Å²) in [6.07, 6.45) is 8.91. The summed E-state index contributed by atoms with van der Waals surface area (Å²) in [5, 5.41) is 4.53. The number of hydrogen-bond donors (Lipinski definition) is 1. The summed E-state index contributed by atoms with van der Waals surface area (Å²) in [6.45, 7) is 1.85. The van der Waals surface area contributed by atoms with Crippen LogP contribution < -0.4 is 5.32 Å². The van der Waals surface area contributed by atoms with E-state index in [-0.39, 0.29) is 24.8 Å². The van der Waals surface area contributed by atoms with Gasteiger partial charge >= 0.3 is 0 Å². The summed E-state index contributed by atoms with van der Waals surface area (Å²) in [4.78, 5) is 4.92. The Labute approximate surface area is 194 Å². The first-order chi connectivity index (χ1) is 13.8. The van der Waals surface area contributed by atoms with Crippen LogP contribution in [0.1, 0.15) is 32.1 Å². The van der Waals surface area contributed by atoms with Gasteiger partial charge in [0.2, 0.25) is 5.78 Å². The molecule has 1 aliphatic rings. The van der Waals surface area contributed by atoms with E-state index >= 15 is 0 Å². The van der Waals surface area contributed by atoms with Gasteiger partial charge in [-0.2, -0.15) is 0 Å². The van der Waals surface area contributed by atoms with Gasteiger partial charge in [0.05, 0.1) is 16.7 Å². The van der Waals surface area contributed by atoms with Crippen molar-refractivity contribution in [1.29, 1.82) is 0 Å². The largest absolute Gasteiger partial charge is 0.312 e. The number of hydrogen-bond acceptors (Lipinski definition) is 2. The van der Waals surface area contributed by atoms with Gasteiger partial charge in [-0.1, -0.05) is 55.1 Å². The number of fused-ring (bicyclic) bond motifs is 3. The lowest BCUT2D eigenvalue weighted by Gasteiger charge is -2.23. The first-order valence-electron chi connectivity index (χ1n) is 10.3. The van der Waals surface area contributed by atoms with Crippen molar-refractivity contribution in [3.8, 4) is 11.3 Å². The first-order valence-corrected chi connectivity index (χ1v) is 10.6. The quantitative estimate of drug-likeness (QED) is 0.371. The molecule has 0 amide bonds. The van der Waals surface area contributed by atoms with Crippen molar-refractivity contribution < 1.29 is 0 Å². The molecule has 1 N–H and O–H groups in total. The summed E-state index contributed by atoms with van der Waals surface area (Å²) >= 11 is 6.11. The molecule has 5 rings (SSSR count). The molecule has 1 saturated carbocycles. The molecule has 7 heteroatoms. The van der Waals surface area contributed by atoms with Crippen molar-refractivity contribution in [2.75, 3.05) is 6.54 Å². The summed E-state index contributed by atoms with van der Waals surface area (Å²) in [5.74, 6) is 0.997.